The van der Waals surface area contributed by atoms with Crippen molar-refractivity contribution >= 4 is 17.4 Å². The summed E-state index contributed by atoms with van der Waals surface area (Å²) in [7, 11) is 0. The maximum absolute atomic E-state index is 13.0. The van der Waals surface area contributed by atoms with Gasteiger partial charge in [-0.15, -0.1) is 0 Å². The first kappa shape index (κ1) is 14.2. The Labute approximate surface area is 136 Å². The molecule has 1 saturated heterocycles. The zero-order valence-electron chi connectivity index (χ0n) is 13.1. The molecule has 5 nitrogen and oxygen atoms in total. The van der Waals surface area contributed by atoms with Crippen LogP contribution in [0, 0.1) is 5.92 Å². The highest BCUT2D eigenvalue weighted by atomic mass is 16.2. The van der Waals surface area contributed by atoms with E-state index >= 15 is 0 Å². The Morgan fingerprint density at radius 1 is 1.17 bits per heavy atom. The molecule has 1 aromatic heterocycles. The smallest absolute Gasteiger partial charge is 0.231 e. The molecule has 1 unspecified atom stereocenters. The first-order valence-corrected chi connectivity index (χ1v) is 8.23. The van der Waals surface area contributed by atoms with Crippen LogP contribution in [0.1, 0.15) is 18.4 Å². The minimum absolute atomic E-state index is 0.0388. The molecule has 1 aromatic carbocycles. The van der Waals surface area contributed by atoms with Crippen LogP contribution in [-0.2, 0) is 11.2 Å². The zero-order valence-corrected chi connectivity index (χ0v) is 13.1. The fraction of sp³-hybridized carbons (Fsp3) is 0.389. The molecule has 0 radical (unpaired) electrons. The van der Waals surface area contributed by atoms with Crippen molar-refractivity contribution in [2.24, 2.45) is 5.92 Å². The minimum Gasteiger partial charge on any atom is -0.355 e. The molecule has 4 rings (SSSR count). The number of amides is 1. The third kappa shape index (κ3) is 2.67. The Balaban J connectivity index is 1.51. The van der Waals surface area contributed by atoms with Gasteiger partial charge in [-0.05, 0) is 30.9 Å². The van der Waals surface area contributed by atoms with Gasteiger partial charge in [0.15, 0.2) is 0 Å². The number of hydrogen-bond donors (Lipinski definition) is 0. The van der Waals surface area contributed by atoms with Crippen LogP contribution in [0.15, 0.2) is 42.9 Å². The van der Waals surface area contributed by atoms with Crippen molar-refractivity contribution in [3.63, 3.8) is 0 Å². The Morgan fingerprint density at radius 3 is 2.96 bits per heavy atom. The topological polar surface area (TPSA) is 49.3 Å². The lowest BCUT2D eigenvalue weighted by atomic mass is 9.96. The summed E-state index contributed by atoms with van der Waals surface area (Å²) >= 11 is 0. The highest BCUT2D eigenvalue weighted by Gasteiger charge is 2.33. The first-order valence-electron chi connectivity index (χ1n) is 8.23. The van der Waals surface area contributed by atoms with Gasteiger partial charge in [-0.1, -0.05) is 18.2 Å². The fourth-order valence-corrected chi connectivity index (χ4v) is 3.63. The average Bonchev–Trinajstić information content (AvgIpc) is 3.06. The van der Waals surface area contributed by atoms with E-state index in [2.05, 4.69) is 27.0 Å². The van der Waals surface area contributed by atoms with Gasteiger partial charge in [0.2, 0.25) is 5.91 Å². The lowest BCUT2D eigenvalue weighted by molar-refractivity contribution is -0.122. The van der Waals surface area contributed by atoms with Crippen molar-refractivity contribution in [1.82, 2.24) is 9.97 Å². The van der Waals surface area contributed by atoms with E-state index in [0.717, 1.165) is 50.4 Å². The van der Waals surface area contributed by atoms with E-state index < -0.39 is 0 Å². The number of hydrogen-bond acceptors (Lipinski definition) is 4. The number of anilines is 2. The number of carbonyl (C=O) groups excluding carboxylic acids is 1. The molecule has 0 aliphatic carbocycles. The van der Waals surface area contributed by atoms with Crippen LogP contribution in [-0.4, -0.2) is 35.5 Å². The van der Waals surface area contributed by atoms with E-state index in [1.807, 2.05) is 17.0 Å². The number of piperidine rings is 1. The van der Waals surface area contributed by atoms with Crippen LogP contribution in [0.5, 0.6) is 0 Å². The third-order valence-corrected chi connectivity index (χ3v) is 4.80. The average molecular weight is 308 g/mol. The number of fused-ring (bicyclic) bond motifs is 1. The van der Waals surface area contributed by atoms with Crippen molar-refractivity contribution in [1.29, 1.82) is 0 Å². The molecule has 0 saturated carbocycles. The van der Waals surface area contributed by atoms with Crippen molar-refractivity contribution in [2.45, 2.75) is 19.3 Å². The Bertz CT molecular complexity index is 703. The van der Waals surface area contributed by atoms with E-state index in [9.17, 15) is 4.79 Å². The molecule has 5 heteroatoms. The summed E-state index contributed by atoms with van der Waals surface area (Å²) in [6.07, 6.45) is 8.09. The molecular weight excluding hydrogens is 288 g/mol. The monoisotopic (exact) mass is 308 g/mol. The Kier molecular flexibility index (Phi) is 3.69. The van der Waals surface area contributed by atoms with Crippen LogP contribution in [0.4, 0.5) is 11.5 Å². The summed E-state index contributed by atoms with van der Waals surface area (Å²) in [5.74, 6) is 1.16. The number of rotatable bonds is 2. The van der Waals surface area contributed by atoms with Gasteiger partial charge in [0.05, 0.1) is 12.1 Å². The van der Waals surface area contributed by atoms with Gasteiger partial charge in [-0.25, -0.2) is 4.98 Å². The minimum atomic E-state index is 0.0388. The second kappa shape index (κ2) is 5.99. The second-order valence-electron chi connectivity index (χ2n) is 6.22. The normalized spacial score (nSPS) is 20.4. The molecule has 0 N–H and O–H groups in total. The highest BCUT2D eigenvalue weighted by Crippen LogP contribution is 2.31. The van der Waals surface area contributed by atoms with Crippen LogP contribution in [0.3, 0.4) is 0 Å². The van der Waals surface area contributed by atoms with Gasteiger partial charge in [-0.2, -0.15) is 0 Å². The van der Waals surface area contributed by atoms with Gasteiger partial charge < -0.3 is 9.80 Å². The van der Waals surface area contributed by atoms with E-state index in [1.165, 1.54) is 5.56 Å². The third-order valence-electron chi connectivity index (χ3n) is 4.80. The Hall–Kier alpha value is -2.43. The number of carbonyl (C=O) groups is 1. The highest BCUT2D eigenvalue weighted by molar-refractivity contribution is 5.97. The van der Waals surface area contributed by atoms with Crippen LogP contribution in [0.2, 0.25) is 0 Å². The first-order chi connectivity index (χ1) is 11.3. The zero-order chi connectivity index (χ0) is 15.6. The molecule has 0 spiro atoms. The summed E-state index contributed by atoms with van der Waals surface area (Å²) in [4.78, 5) is 25.7. The predicted octanol–water partition coefficient (Wildman–Crippen LogP) is 2.28. The molecule has 23 heavy (non-hydrogen) atoms. The summed E-state index contributed by atoms with van der Waals surface area (Å²) in [5, 5.41) is 0. The maximum atomic E-state index is 13.0. The van der Waals surface area contributed by atoms with Gasteiger partial charge in [0.1, 0.15) is 5.82 Å². The van der Waals surface area contributed by atoms with E-state index in [4.69, 9.17) is 0 Å². The fourth-order valence-electron chi connectivity index (χ4n) is 3.63. The van der Waals surface area contributed by atoms with Crippen molar-refractivity contribution in [3.05, 3.63) is 48.4 Å². The molecule has 2 aliphatic rings. The van der Waals surface area contributed by atoms with Gasteiger partial charge in [0, 0.05) is 37.7 Å². The largest absolute Gasteiger partial charge is 0.355 e. The number of para-hydroxylation sites is 1. The number of nitrogens with zero attached hydrogens (tertiary/aromatic N) is 4. The molecule has 1 amide bonds. The summed E-state index contributed by atoms with van der Waals surface area (Å²) < 4.78 is 0. The number of aromatic nitrogens is 2. The molecule has 1 fully saturated rings. The van der Waals surface area contributed by atoms with Crippen LogP contribution >= 0.6 is 0 Å². The van der Waals surface area contributed by atoms with E-state index in [1.54, 1.807) is 18.6 Å². The van der Waals surface area contributed by atoms with Crippen LogP contribution < -0.4 is 9.80 Å². The lowest BCUT2D eigenvalue weighted by Crippen LogP contribution is -2.44. The van der Waals surface area contributed by atoms with Gasteiger partial charge in [-0.3, -0.25) is 9.78 Å². The summed E-state index contributed by atoms with van der Waals surface area (Å²) in [6, 6.07) is 8.24. The molecule has 1 atom stereocenters. The van der Waals surface area contributed by atoms with Crippen LogP contribution in [0.25, 0.3) is 0 Å². The quantitative estimate of drug-likeness (QED) is 0.854. The van der Waals surface area contributed by atoms with E-state index in [-0.39, 0.29) is 11.8 Å². The van der Waals surface area contributed by atoms with Crippen molar-refractivity contribution in [3.8, 4) is 0 Å². The standard InChI is InChI=1S/C18H20N4O/c23-18(22-11-7-14-4-1-2-6-16(14)22)15-5-3-10-21(13-15)17-12-19-8-9-20-17/h1-2,4,6,8-9,12,15H,3,5,7,10-11,13H2. The lowest BCUT2D eigenvalue weighted by Gasteiger charge is -2.34. The predicted molar refractivity (Wildman–Crippen MR) is 89.5 cm³/mol. The number of benzene rings is 1. The SMILES string of the molecule is O=C(C1CCCN(c2cnccn2)C1)N1CCc2ccccc21. The molecule has 3 heterocycles. The van der Waals surface area contributed by atoms with E-state index in [0.29, 0.717) is 0 Å². The van der Waals surface area contributed by atoms with Crippen molar-refractivity contribution < 1.29 is 4.79 Å². The van der Waals surface area contributed by atoms with Gasteiger partial charge in [0.25, 0.3) is 0 Å². The summed E-state index contributed by atoms with van der Waals surface area (Å²) in [5.41, 5.74) is 2.37. The maximum Gasteiger partial charge on any atom is 0.231 e. The molecular formula is C18H20N4O. The molecule has 2 aliphatic heterocycles. The molecule has 0 bridgehead atoms. The molecule has 2 aromatic rings. The van der Waals surface area contributed by atoms with Crippen molar-refractivity contribution in [2.75, 3.05) is 29.4 Å². The summed E-state index contributed by atoms with van der Waals surface area (Å²) in [6.45, 7) is 2.48. The molecule has 118 valence electrons. The Morgan fingerprint density at radius 2 is 2.09 bits per heavy atom. The van der Waals surface area contributed by atoms with Gasteiger partial charge >= 0.3 is 0 Å². The second-order valence-corrected chi connectivity index (χ2v) is 6.22.